The molecular formula is C23H23NO5. The molecule has 0 N–H and O–H groups in total. The molecule has 4 aliphatic carbocycles. The van der Waals surface area contributed by atoms with E-state index in [1.165, 1.54) is 4.90 Å². The lowest BCUT2D eigenvalue weighted by Gasteiger charge is -2.37. The lowest BCUT2D eigenvalue weighted by molar-refractivity contribution is -0.145. The molecule has 2 bridgehead atoms. The van der Waals surface area contributed by atoms with E-state index in [4.69, 9.17) is 4.74 Å². The summed E-state index contributed by atoms with van der Waals surface area (Å²) in [6, 6.07) is 7.04. The third kappa shape index (κ3) is 2.93. The van der Waals surface area contributed by atoms with Crippen LogP contribution in [0.3, 0.4) is 0 Å². The molecule has 0 spiro atoms. The molecule has 1 aliphatic heterocycles. The Morgan fingerprint density at radius 2 is 1.59 bits per heavy atom. The van der Waals surface area contributed by atoms with Gasteiger partial charge in [0, 0.05) is 12.1 Å². The minimum Gasteiger partial charge on any atom is -0.457 e. The van der Waals surface area contributed by atoms with Crippen molar-refractivity contribution >= 4 is 23.6 Å². The second-order valence-electron chi connectivity index (χ2n) is 8.68. The minimum absolute atomic E-state index is 0.0248. The predicted molar refractivity (Wildman–Crippen MR) is 103 cm³/mol. The summed E-state index contributed by atoms with van der Waals surface area (Å²) in [5.41, 5.74) is 1.53. The van der Waals surface area contributed by atoms with Crippen LogP contribution in [0, 0.1) is 42.4 Å². The molecule has 6 heteroatoms. The maximum absolute atomic E-state index is 12.9. The van der Waals surface area contributed by atoms with Crippen molar-refractivity contribution in [3.63, 3.8) is 0 Å². The first kappa shape index (κ1) is 18.3. The third-order valence-corrected chi connectivity index (χ3v) is 7.03. The first-order valence-electron chi connectivity index (χ1n) is 10.2. The summed E-state index contributed by atoms with van der Waals surface area (Å²) in [5, 5.41) is 0. The topological polar surface area (TPSA) is 80.8 Å². The van der Waals surface area contributed by atoms with E-state index >= 15 is 0 Å². The number of nitrogens with zero attached hydrogens (tertiary/aromatic N) is 1. The number of carbonyl (C=O) groups excluding carboxylic acids is 4. The van der Waals surface area contributed by atoms with Gasteiger partial charge in [-0.3, -0.25) is 24.1 Å². The number of hydrogen-bond donors (Lipinski definition) is 0. The van der Waals surface area contributed by atoms with Crippen LogP contribution in [0.5, 0.6) is 0 Å². The molecule has 1 saturated heterocycles. The number of ether oxygens (including phenoxy) is 1. The number of likely N-dealkylation sites (tertiary alicyclic amines) is 1. The largest absolute Gasteiger partial charge is 0.457 e. The Morgan fingerprint density at radius 1 is 1.00 bits per heavy atom. The standard InChI is InChI=1S/C23H23NO5/c1-12-2-4-13(5-3-12)18(25)11-29-19(26)8-9-24-22(27)20-14-6-7-15(17-10-16(14)17)21(20)23(24)28/h2-7,14-17,20-21H,8-11H2,1H3/t14-,15-,16-,17-,20-,21+/m0/s1. The lowest BCUT2D eigenvalue weighted by atomic mass is 9.63. The van der Waals surface area contributed by atoms with Crippen molar-refractivity contribution in [2.75, 3.05) is 13.2 Å². The molecule has 150 valence electrons. The number of hydrogen-bond acceptors (Lipinski definition) is 5. The maximum atomic E-state index is 12.9. The molecule has 1 aromatic rings. The number of aryl methyl sites for hydroxylation is 1. The van der Waals surface area contributed by atoms with Crippen LogP contribution in [-0.4, -0.2) is 41.6 Å². The molecule has 0 radical (unpaired) electrons. The van der Waals surface area contributed by atoms with Gasteiger partial charge in [0.25, 0.3) is 0 Å². The summed E-state index contributed by atoms with van der Waals surface area (Å²) < 4.78 is 5.07. The van der Waals surface area contributed by atoms with E-state index in [-0.39, 0.29) is 60.8 Å². The van der Waals surface area contributed by atoms with Crippen LogP contribution in [0.25, 0.3) is 0 Å². The number of esters is 1. The molecule has 1 heterocycles. The van der Waals surface area contributed by atoms with Crippen LogP contribution < -0.4 is 0 Å². The zero-order valence-corrected chi connectivity index (χ0v) is 16.2. The molecule has 1 aromatic carbocycles. The molecule has 0 unspecified atom stereocenters. The average Bonchev–Trinajstić information content (AvgIpc) is 3.50. The fraction of sp³-hybridized carbons (Fsp3) is 0.478. The number of amides is 2. The van der Waals surface area contributed by atoms with Crippen LogP contribution in [0.15, 0.2) is 36.4 Å². The maximum Gasteiger partial charge on any atom is 0.308 e. The summed E-state index contributed by atoms with van der Waals surface area (Å²) in [7, 11) is 0. The van der Waals surface area contributed by atoms with Gasteiger partial charge in [0.2, 0.25) is 11.8 Å². The highest BCUT2D eigenvalue weighted by atomic mass is 16.5. The van der Waals surface area contributed by atoms with E-state index in [1.54, 1.807) is 12.1 Å². The number of benzene rings is 1. The Hall–Kier alpha value is -2.76. The van der Waals surface area contributed by atoms with E-state index in [1.807, 2.05) is 19.1 Å². The van der Waals surface area contributed by atoms with Crippen molar-refractivity contribution in [1.29, 1.82) is 0 Å². The fourth-order valence-corrected chi connectivity index (χ4v) is 5.48. The molecule has 6 atom stereocenters. The number of Topliss-reactive ketones (excluding diaryl/α,β-unsaturated/α-hetero) is 1. The lowest BCUT2D eigenvalue weighted by Crippen LogP contribution is -2.40. The smallest absolute Gasteiger partial charge is 0.308 e. The van der Waals surface area contributed by atoms with Gasteiger partial charge in [-0.25, -0.2) is 0 Å². The van der Waals surface area contributed by atoms with Crippen LogP contribution in [0.1, 0.15) is 28.8 Å². The van der Waals surface area contributed by atoms with Gasteiger partial charge in [-0.05, 0) is 37.0 Å². The van der Waals surface area contributed by atoms with Crippen molar-refractivity contribution in [1.82, 2.24) is 4.90 Å². The average molecular weight is 393 g/mol. The predicted octanol–water partition coefficient (Wildman–Crippen LogP) is 2.16. The van der Waals surface area contributed by atoms with Crippen molar-refractivity contribution in [3.05, 3.63) is 47.5 Å². The summed E-state index contributed by atoms with van der Waals surface area (Å²) in [6.45, 7) is 1.61. The Balaban J connectivity index is 1.15. The van der Waals surface area contributed by atoms with E-state index in [0.29, 0.717) is 17.4 Å². The van der Waals surface area contributed by atoms with Crippen LogP contribution in [0.2, 0.25) is 0 Å². The third-order valence-electron chi connectivity index (χ3n) is 7.03. The van der Waals surface area contributed by atoms with Crippen LogP contribution >= 0.6 is 0 Å². The monoisotopic (exact) mass is 393 g/mol. The molecule has 6 rings (SSSR count). The summed E-state index contributed by atoms with van der Waals surface area (Å²) in [6.07, 6.45) is 5.28. The van der Waals surface area contributed by atoms with Crippen molar-refractivity contribution < 1.29 is 23.9 Å². The van der Waals surface area contributed by atoms with Gasteiger partial charge in [-0.1, -0.05) is 42.0 Å². The van der Waals surface area contributed by atoms with Gasteiger partial charge in [-0.15, -0.1) is 0 Å². The SMILES string of the molecule is Cc1ccc(C(=O)COC(=O)CCN2C(=O)[C@@H]3[C@H]4C=C[C@@H]([C@@H]5C[C@@H]45)[C@@H]3C2=O)cc1. The van der Waals surface area contributed by atoms with Gasteiger partial charge in [-0.2, -0.15) is 0 Å². The Morgan fingerprint density at radius 3 is 2.17 bits per heavy atom. The normalized spacial score (nSPS) is 33.5. The molecule has 3 fully saturated rings. The van der Waals surface area contributed by atoms with E-state index in [0.717, 1.165) is 12.0 Å². The highest BCUT2D eigenvalue weighted by Crippen LogP contribution is 2.65. The van der Waals surface area contributed by atoms with E-state index < -0.39 is 5.97 Å². The first-order valence-corrected chi connectivity index (χ1v) is 10.2. The Labute approximate surface area is 168 Å². The van der Waals surface area contributed by atoms with Gasteiger partial charge >= 0.3 is 5.97 Å². The van der Waals surface area contributed by atoms with Crippen molar-refractivity contribution in [2.24, 2.45) is 35.5 Å². The number of allylic oxidation sites excluding steroid dienone is 2. The highest BCUT2D eigenvalue weighted by Gasteiger charge is 2.66. The quantitative estimate of drug-likeness (QED) is 0.320. The number of rotatable bonds is 6. The summed E-state index contributed by atoms with van der Waals surface area (Å²) in [4.78, 5) is 51.2. The fourth-order valence-electron chi connectivity index (χ4n) is 5.48. The number of imide groups is 1. The molecule has 6 nitrogen and oxygen atoms in total. The second kappa shape index (κ2) is 6.65. The van der Waals surface area contributed by atoms with Crippen LogP contribution in [0.4, 0.5) is 0 Å². The van der Waals surface area contributed by atoms with E-state index in [2.05, 4.69) is 12.2 Å². The van der Waals surface area contributed by atoms with Gasteiger partial charge in [0.05, 0.1) is 18.3 Å². The molecule has 29 heavy (non-hydrogen) atoms. The summed E-state index contributed by atoms with van der Waals surface area (Å²) >= 11 is 0. The van der Waals surface area contributed by atoms with E-state index in [9.17, 15) is 19.2 Å². The zero-order chi connectivity index (χ0) is 20.3. The Kier molecular flexibility index (Phi) is 4.19. The number of carbonyl (C=O) groups is 4. The molecule has 2 amide bonds. The van der Waals surface area contributed by atoms with Crippen LogP contribution in [-0.2, 0) is 19.1 Å². The van der Waals surface area contributed by atoms with Crippen molar-refractivity contribution in [3.8, 4) is 0 Å². The minimum atomic E-state index is -0.579. The zero-order valence-electron chi connectivity index (χ0n) is 16.2. The molecule has 5 aliphatic rings. The molecular weight excluding hydrogens is 370 g/mol. The number of ketones is 1. The van der Waals surface area contributed by atoms with Gasteiger partial charge in [0.1, 0.15) is 0 Å². The molecule has 2 saturated carbocycles. The van der Waals surface area contributed by atoms with Gasteiger partial charge in [0.15, 0.2) is 12.4 Å². The first-order chi connectivity index (χ1) is 14.0. The highest BCUT2D eigenvalue weighted by molar-refractivity contribution is 6.06. The Bertz CT molecular complexity index is 897. The molecule has 0 aromatic heterocycles. The second-order valence-corrected chi connectivity index (χ2v) is 8.68. The van der Waals surface area contributed by atoms with Gasteiger partial charge < -0.3 is 4.74 Å². The van der Waals surface area contributed by atoms with Crippen molar-refractivity contribution in [2.45, 2.75) is 19.8 Å². The summed E-state index contributed by atoms with van der Waals surface area (Å²) in [5.74, 6) is -0.181.